The van der Waals surface area contributed by atoms with Crippen LogP contribution in [0.2, 0.25) is 0 Å². The normalized spacial score (nSPS) is 11.9. The van der Waals surface area contributed by atoms with Gasteiger partial charge in [0.2, 0.25) is 11.8 Å². The van der Waals surface area contributed by atoms with E-state index in [2.05, 4.69) is 10.6 Å². The number of carbonyl (C=O) groups excluding carboxylic acids is 2. The largest absolute Gasteiger partial charge is 0.497 e. The maximum atomic E-state index is 11.7. The molecule has 6 nitrogen and oxygen atoms in total. The van der Waals surface area contributed by atoms with Gasteiger partial charge in [-0.1, -0.05) is 12.1 Å². The van der Waals surface area contributed by atoms with E-state index in [1.807, 2.05) is 13.8 Å². The Morgan fingerprint density at radius 3 is 2.67 bits per heavy atom. The van der Waals surface area contributed by atoms with E-state index in [-0.39, 0.29) is 24.9 Å². The molecule has 1 aromatic rings. The van der Waals surface area contributed by atoms with Crippen molar-refractivity contribution in [2.24, 2.45) is 0 Å². The van der Waals surface area contributed by atoms with Crippen molar-refractivity contribution in [3.05, 3.63) is 29.8 Å². The van der Waals surface area contributed by atoms with E-state index in [1.165, 1.54) is 0 Å². The number of aliphatic hydroxyl groups is 1. The second-order valence-corrected chi connectivity index (χ2v) is 5.01. The van der Waals surface area contributed by atoms with E-state index < -0.39 is 12.0 Å². The van der Waals surface area contributed by atoms with Crippen molar-refractivity contribution < 1.29 is 19.4 Å². The predicted molar refractivity (Wildman–Crippen MR) is 79.0 cm³/mol. The van der Waals surface area contributed by atoms with Gasteiger partial charge >= 0.3 is 0 Å². The van der Waals surface area contributed by atoms with Gasteiger partial charge in [-0.05, 0) is 31.5 Å². The molecular formula is C15H22N2O4. The highest BCUT2D eigenvalue weighted by Gasteiger charge is 2.16. The van der Waals surface area contributed by atoms with E-state index in [0.717, 1.165) is 5.56 Å². The molecule has 0 unspecified atom stereocenters. The molecule has 0 aliphatic heterocycles. The van der Waals surface area contributed by atoms with Crippen molar-refractivity contribution in [1.82, 2.24) is 10.6 Å². The maximum absolute atomic E-state index is 11.7. The van der Waals surface area contributed by atoms with Gasteiger partial charge in [-0.15, -0.1) is 0 Å². The Morgan fingerprint density at radius 2 is 2.05 bits per heavy atom. The van der Waals surface area contributed by atoms with Crippen LogP contribution >= 0.6 is 0 Å². The average molecular weight is 294 g/mol. The number of hydrogen-bond acceptors (Lipinski definition) is 4. The minimum Gasteiger partial charge on any atom is -0.497 e. The number of ether oxygens (including phenoxy) is 1. The van der Waals surface area contributed by atoms with Crippen molar-refractivity contribution >= 4 is 11.8 Å². The van der Waals surface area contributed by atoms with E-state index in [4.69, 9.17) is 4.74 Å². The first-order chi connectivity index (χ1) is 9.92. The average Bonchev–Trinajstić information content (AvgIpc) is 2.44. The molecule has 2 amide bonds. The first-order valence-electron chi connectivity index (χ1n) is 6.80. The van der Waals surface area contributed by atoms with E-state index in [0.29, 0.717) is 5.75 Å². The molecule has 1 rings (SSSR count). The van der Waals surface area contributed by atoms with Crippen molar-refractivity contribution in [2.75, 3.05) is 13.7 Å². The lowest BCUT2D eigenvalue weighted by atomic mass is 10.1. The number of benzene rings is 1. The molecule has 0 spiro atoms. The van der Waals surface area contributed by atoms with Crippen molar-refractivity contribution in [3.63, 3.8) is 0 Å². The summed E-state index contributed by atoms with van der Waals surface area (Å²) in [6, 6.07) is 7.13. The molecule has 6 heteroatoms. The standard InChI is InChI=1S/C15H22N2O4/c1-10(2)17-14(19)9-16-15(20)13(18)8-11-5-4-6-12(7-11)21-3/h4-7,10,13,18H,8-9H2,1-3H3,(H,16,20)(H,17,19)/t13-/m1/s1. The predicted octanol–water partition coefficient (Wildman–Crippen LogP) is 0.239. The Bertz CT molecular complexity index is 488. The quantitative estimate of drug-likeness (QED) is 0.672. The van der Waals surface area contributed by atoms with Gasteiger partial charge < -0.3 is 20.5 Å². The van der Waals surface area contributed by atoms with Crippen LogP contribution in [-0.4, -0.2) is 42.7 Å². The maximum Gasteiger partial charge on any atom is 0.249 e. The van der Waals surface area contributed by atoms with Crippen LogP contribution in [0, 0.1) is 0 Å². The van der Waals surface area contributed by atoms with Crippen LogP contribution < -0.4 is 15.4 Å². The van der Waals surface area contributed by atoms with Gasteiger partial charge in [-0.2, -0.15) is 0 Å². The molecule has 1 atom stereocenters. The topological polar surface area (TPSA) is 87.7 Å². The highest BCUT2D eigenvalue weighted by atomic mass is 16.5. The van der Waals surface area contributed by atoms with Gasteiger partial charge in [0.25, 0.3) is 0 Å². The zero-order valence-corrected chi connectivity index (χ0v) is 12.6. The van der Waals surface area contributed by atoms with E-state index in [1.54, 1.807) is 31.4 Å². The van der Waals surface area contributed by atoms with Crippen LogP contribution in [-0.2, 0) is 16.0 Å². The number of aliphatic hydroxyl groups excluding tert-OH is 1. The fourth-order valence-electron chi connectivity index (χ4n) is 1.77. The number of methoxy groups -OCH3 is 1. The lowest BCUT2D eigenvalue weighted by molar-refractivity contribution is -0.131. The summed E-state index contributed by atoms with van der Waals surface area (Å²) in [4.78, 5) is 23.1. The number of nitrogens with one attached hydrogen (secondary N) is 2. The lowest BCUT2D eigenvalue weighted by Crippen LogP contribution is -2.43. The molecule has 0 saturated carbocycles. The number of hydrogen-bond donors (Lipinski definition) is 3. The number of rotatable bonds is 7. The van der Waals surface area contributed by atoms with Gasteiger partial charge in [0.05, 0.1) is 13.7 Å². The van der Waals surface area contributed by atoms with Crippen molar-refractivity contribution in [1.29, 1.82) is 0 Å². The number of carbonyl (C=O) groups is 2. The first kappa shape index (κ1) is 17.0. The third-order valence-electron chi connectivity index (χ3n) is 2.74. The molecule has 116 valence electrons. The van der Waals surface area contributed by atoms with Crippen LogP contribution in [0.1, 0.15) is 19.4 Å². The van der Waals surface area contributed by atoms with E-state index in [9.17, 15) is 14.7 Å². The smallest absolute Gasteiger partial charge is 0.249 e. The number of amides is 2. The summed E-state index contributed by atoms with van der Waals surface area (Å²) in [6.07, 6.45) is -1.04. The summed E-state index contributed by atoms with van der Waals surface area (Å²) >= 11 is 0. The Labute approximate surface area is 124 Å². The Balaban J connectivity index is 2.45. The zero-order chi connectivity index (χ0) is 15.8. The van der Waals surface area contributed by atoms with Gasteiger partial charge in [-0.3, -0.25) is 9.59 Å². The third kappa shape index (κ3) is 6.27. The molecule has 1 aromatic carbocycles. The SMILES string of the molecule is COc1cccc(C[C@@H](O)C(=O)NCC(=O)NC(C)C)c1. The summed E-state index contributed by atoms with van der Waals surface area (Å²) in [5.74, 6) is -0.194. The summed E-state index contributed by atoms with van der Waals surface area (Å²) in [6.45, 7) is 3.51. The summed E-state index contributed by atoms with van der Waals surface area (Å²) in [7, 11) is 1.55. The second-order valence-electron chi connectivity index (χ2n) is 5.01. The molecule has 0 bridgehead atoms. The summed E-state index contributed by atoms with van der Waals surface area (Å²) < 4.78 is 5.08. The Morgan fingerprint density at radius 1 is 1.33 bits per heavy atom. The molecule has 0 radical (unpaired) electrons. The second kappa shape index (κ2) is 8.26. The van der Waals surface area contributed by atoms with Crippen LogP contribution in [0.25, 0.3) is 0 Å². The minimum atomic E-state index is -1.20. The van der Waals surface area contributed by atoms with E-state index >= 15 is 0 Å². The third-order valence-corrected chi connectivity index (χ3v) is 2.74. The fourth-order valence-corrected chi connectivity index (χ4v) is 1.77. The molecule has 0 aliphatic carbocycles. The molecule has 0 aromatic heterocycles. The molecular weight excluding hydrogens is 272 g/mol. The summed E-state index contributed by atoms with van der Waals surface area (Å²) in [5, 5.41) is 14.9. The van der Waals surface area contributed by atoms with Crippen LogP contribution in [0.15, 0.2) is 24.3 Å². The van der Waals surface area contributed by atoms with Gasteiger partial charge in [-0.25, -0.2) is 0 Å². The highest BCUT2D eigenvalue weighted by Crippen LogP contribution is 2.14. The first-order valence-corrected chi connectivity index (χ1v) is 6.80. The lowest BCUT2D eigenvalue weighted by Gasteiger charge is -2.13. The molecule has 0 heterocycles. The van der Waals surface area contributed by atoms with Crippen molar-refractivity contribution in [2.45, 2.75) is 32.4 Å². The van der Waals surface area contributed by atoms with Gasteiger partial charge in [0.15, 0.2) is 0 Å². The molecule has 21 heavy (non-hydrogen) atoms. The Kier molecular flexibility index (Phi) is 6.68. The molecule has 3 N–H and O–H groups in total. The van der Waals surface area contributed by atoms with Gasteiger partial charge in [0, 0.05) is 12.5 Å². The van der Waals surface area contributed by atoms with Gasteiger partial charge in [0.1, 0.15) is 11.9 Å². The molecule has 0 aliphatic rings. The van der Waals surface area contributed by atoms with Crippen LogP contribution in [0.3, 0.4) is 0 Å². The minimum absolute atomic E-state index is 0.0103. The monoisotopic (exact) mass is 294 g/mol. The fraction of sp³-hybridized carbons (Fsp3) is 0.467. The molecule has 0 fully saturated rings. The zero-order valence-electron chi connectivity index (χ0n) is 12.6. The summed E-state index contributed by atoms with van der Waals surface area (Å²) in [5.41, 5.74) is 0.781. The Hall–Kier alpha value is -2.08. The van der Waals surface area contributed by atoms with Crippen LogP contribution in [0.4, 0.5) is 0 Å². The highest BCUT2D eigenvalue weighted by molar-refractivity contribution is 5.86. The van der Waals surface area contributed by atoms with Crippen molar-refractivity contribution in [3.8, 4) is 5.75 Å². The van der Waals surface area contributed by atoms with Crippen LogP contribution in [0.5, 0.6) is 5.75 Å². The molecule has 0 saturated heterocycles.